The smallest absolute Gasteiger partial charge is 0.259 e. The number of morpholine rings is 1. The summed E-state index contributed by atoms with van der Waals surface area (Å²) in [5, 5.41) is 5.29. The van der Waals surface area contributed by atoms with E-state index in [4.69, 9.17) is 9.73 Å². The normalized spacial score (nSPS) is 20.3. The second-order valence-corrected chi connectivity index (χ2v) is 8.95. The van der Waals surface area contributed by atoms with Gasteiger partial charge in [0.05, 0.1) is 29.2 Å². The third-order valence-corrected chi connectivity index (χ3v) is 6.27. The third-order valence-electron chi connectivity index (χ3n) is 5.59. The summed E-state index contributed by atoms with van der Waals surface area (Å²) >= 11 is 1.40. The SMILES string of the molecule is C[C@@H]1CN(c2cccc(C3=Nc4c(cccc4C(=O)Nc4nccs4)C3)c2)C[C@H](C)O1. The van der Waals surface area contributed by atoms with Crippen molar-refractivity contribution in [2.24, 2.45) is 4.99 Å². The highest BCUT2D eigenvalue weighted by Gasteiger charge is 2.25. The molecule has 1 aromatic heterocycles. The fourth-order valence-electron chi connectivity index (χ4n) is 4.29. The van der Waals surface area contributed by atoms with Gasteiger partial charge >= 0.3 is 0 Å². The predicted molar refractivity (Wildman–Crippen MR) is 125 cm³/mol. The van der Waals surface area contributed by atoms with E-state index < -0.39 is 0 Å². The largest absolute Gasteiger partial charge is 0.372 e. The number of hydrogen-bond donors (Lipinski definition) is 1. The topological polar surface area (TPSA) is 66.8 Å². The maximum absolute atomic E-state index is 12.8. The molecule has 2 atom stereocenters. The summed E-state index contributed by atoms with van der Waals surface area (Å²) in [6, 6.07) is 14.3. The van der Waals surface area contributed by atoms with Crippen LogP contribution in [0.2, 0.25) is 0 Å². The molecule has 3 aromatic rings. The van der Waals surface area contributed by atoms with Gasteiger partial charge in [-0.25, -0.2) is 4.98 Å². The number of carbonyl (C=O) groups excluding carboxylic acids is 1. The predicted octanol–water partition coefficient (Wildman–Crippen LogP) is 4.69. The van der Waals surface area contributed by atoms with Crippen molar-refractivity contribution in [1.29, 1.82) is 0 Å². The van der Waals surface area contributed by atoms with E-state index in [1.165, 1.54) is 17.0 Å². The van der Waals surface area contributed by atoms with Crippen LogP contribution >= 0.6 is 11.3 Å². The Bertz CT molecular complexity index is 1130. The molecule has 0 spiro atoms. The van der Waals surface area contributed by atoms with Crippen LogP contribution in [0.4, 0.5) is 16.5 Å². The van der Waals surface area contributed by atoms with Crippen LogP contribution in [-0.2, 0) is 11.2 Å². The number of aromatic nitrogens is 1. The monoisotopic (exact) mass is 432 g/mol. The number of hydrogen-bond acceptors (Lipinski definition) is 6. The van der Waals surface area contributed by atoms with Crippen molar-refractivity contribution in [3.8, 4) is 0 Å². The van der Waals surface area contributed by atoms with Crippen LogP contribution in [0, 0.1) is 0 Å². The minimum Gasteiger partial charge on any atom is -0.372 e. The summed E-state index contributed by atoms with van der Waals surface area (Å²) in [6.07, 6.45) is 2.81. The van der Waals surface area contributed by atoms with Gasteiger partial charge in [0.25, 0.3) is 5.91 Å². The Morgan fingerprint density at radius 1 is 1.16 bits per heavy atom. The van der Waals surface area contributed by atoms with Gasteiger partial charge < -0.3 is 9.64 Å². The first-order valence-corrected chi connectivity index (χ1v) is 11.4. The van der Waals surface area contributed by atoms with Crippen LogP contribution in [0.15, 0.2) is 59.0 Å². The number of anilines is 2. The van der Waals surface area contributed by atoms with Crippen molar-refractivity contribution in [2.45, 2.75) is 32.5 Å². The quantitative estimate of drug-likeness (QED) is 0.650. The highest BCUT2D eigenvalue weighted by atomic mass is 32.1. The average Bonchev–Trinajstić information content (AvgIpc) is 3.42. The molecule has 6 nitrogen and oxygen atoms in total. The van der Waals surface area contributed by atoms with Gasteiger partial charge in [-0.15, -0.1) is 11.3 Å². The second-order valence-electron chi connectivity index (χ2n) is 8.05. The Hall–Kier alpha value is -3.03. The first kappa shape index (κ1) is 19.9. The maximum atomic E-state index is 12.8. The van der Waals surface area contributed by atoms with E-state index in [9.17, 15) is 4.79 Å². The third kappa shape index (κ3) is 4.11. The molecule has 2 aliphatic heterocycles. The molecule has 1 amide bonds. The Morgan fingerprint density at radius 2 is 1.97 bits per heavy atom. The fraction of sp³-hybridized carbons (Fsp3) is 0.292. The number of thiazole rings is 1. The minimum absolute atomic E-state index is 0.179. The van der Waals surface area contributed by atoms with Crippen molar-refractivity contribution in [2.75, 3.05) is 23.3 Å². The van der Waals surface area contributed by atoms with Gasteiger partial charge in [-0.05, 0) is 43.2 Å². The molecule has 1 N–H and O–H groups in total. The molecular formula is C24H24N4O2S. The number of rotatable bonds is 4. The lowest BCUT2D eigenvalue weighted by molar-refractivity contribution is -0.00521. The molecule has 0 radical (unpaired) electrons. The van der Waals surface area contributed by atoms with E-state index >= 15 is 0 Å². The maximum Gasteiger partial charge on any atom is 0.259 e. The van der Waals surface area contributed by atoms with Gasteiger partial charge in [-0.2, -0.15) is 0 Å². The zero-order valence-corrected chi connectivity index (χ0v) is 18.4. The molecule has 0 bridgehead atoms. The first-order valence-electron chi connectivity index (χ1n) is 10.5. The number of nitrogens with one attached hydrogen (secondary N) is 1. The molecule has 7 heteroatoms. The summed E-state index contributed by atoms with van der Waals surface area (Å²) in [4.78, 5) is 24.2. The molecule has 2 aliphatic rings. The minimum atomic E-state index is -0.179. The van der Waals surface area contributed by atoms with Crippen LogP contribution in [0.5, 0.6) is 0 Å². The van der Waals surface area contributed by atoms with Gasteiger partial charge in [0, 0.05) is 36.8 Å². The number of para-hydroxylation sites is 1. The van der Waals surface area contributed by atoms with E-state index in [1.807, 2.05) is 23.6 Å². The van der Waals surface area contributed by atoms with E-state index in [1.54, 1.807) is 6.20 Å². The van der Waals surface area contributed by atoms with Gasteiger partial charge in [0.2, 0.25) is 0 Å². The van der Waals surface area contributed by atoms with Crippen molar-refractivity contribution < 1.29 is 9.53 Å². The van der Waals surface area contributed by atoms with Crippen LogP contribution in [0.3, 0.4) is 0 Å². The summed E-state index contributed by atoms with van der Waals surface area (Å²) in [5.41, 5.74) is 5.66. The Balaban J connectivity index is 1.42. The molecule has 5 rings (SSSR count). The Labute approximate surface area is 185 Å². The standard InChI is InChI=1S/C24H24N4O2S/c1-15-13-28(14-16(2)30-15)19-7-3-5-17(11-19)21-12-18-6-4-8-20(22(18)26-21)23(29)27-24-25-9-10-31-24/h3-11,15-16H,12-14H2,1-2H3,(H,25,27,29)/t15-,16+. The summed E-state index contributed by atoms with van der Waals surface area (Å²) in [5.74, 6) is -0.179. The second kappa shape index (κ2) is 8.24. The van der Waals surface area contributed by atoms with Gasteiger partial charge in [-0.1, -0.05) is 24.3 Å². The van der Waals surface area contributed by atoms with Gasteiger partial charge in [-0.3, -0.25) is 15.1 Å². The Kier molecular flexibility index (Phi) is 5.29. The summed E-state index contributed by atoms with van der Waals surface area (Å²) in [7, 11) is 0. The van der Waals surface area contributed by atoms with Crippen molar-refractivity contribution in [1.82, 2.24) is 4.98 Å². The summed E-state index contributed by atoms with van der Waals surface area (Å²) < 4.78 is 5.88. The Morgan fingerprint density at radius 3 is 2.74 bits per heavy atom. The number of carbonyl (C=O) groups is 1. The number of amides is 1. The first-order chi connectivity index (χ1) is 15.1. The average molecular weight is 433 g/mol. The lowest BCUT2D eigenvalue weighted by atomic mass is 10.0. The molecule has 0 unspecified atom stereocenters. The number of fused-ring (bicyclic) bond motifs is 1. The summed E-state index contributed by atoms with van der Waals surface area (Å²) in [6.45, 7) is 5.98. The molecule has 31 heavy (non-hydrogen) atoms. The van der Waals surface area contributed by atoms with Crippen LogP contribution in [0.1, 0.15) is 35.3 Å². The number of benzene rings is 2. The number of nitrogens with zero attached hydrogens (tertiary/aromatic N) is 3. The van der Waals surface area contributed by atoms with Crippen LogP contribution in [-0.4, -0.2) is 41.9 Å². The molecule has 2 aromatic carbocycles. The number of aliphatic imine (C=N–C) groups is 1. The van der Waals surface area contributed by atoms with Crippen molar-refractivity contribution in [3.05, 3.63) is 70.7 Å². The van der Waals surface area contributed by atoms with Crippen LogP contribution in [0.25, 0.3) is 0 Å². The number of ether oxygens (including phenoxy) is 1. The highest BCUT2D eigenvalue weighted by molar-refractivity contribution is 7.13. The fourth-order valence-corrected chi connectivity index (χ4v) is 4.82. The molecule has 3 heterocycles. The van der Waals surface area contributed by atoms with E-state index in [2.05, 4.69) is 53.3 Å². The molecule has 158 valence electrons. The van der Waals surface area contributed by atoms with Gasteiger partial charge in [0.15, 0.2) is 5.13 Å². The van der Waals surface area contributed by atoms with E-state index in [0.717, 1.165) is 35.6 Å². The zero-order chi connectivity index (χ0) is 21.4. The lowest BCUT2D eigenvalue weighted by Gasteiger charge is -2.37. The molecular weight excluding hydrogens is 408 g/mol. The lowest BCUT2D eigenvalue weighted by Crippen LogP contribution is -2.45. The zero-order valence-electron chi connectivity index (χ0n) is 17.5. The molecule has 0 aliphatic carbocycles. The van der Waals surface area contributed by atoms with Gasteiger partial charge in [0.1, 0.15) is 0 Å². The van der Waals surface area contributed by atoms with Crippen molar-refractivity contribution >= 4 is 39.5 Å². The molecule has 1 saturated heterocycles. The van der Waals surface area contributed by atoms with E-state index in [-0.39, 0.29) is 18.1 Å². The highest BCUT2D eigenvalue weighted by Crippen LogP contribution is 2.34. The van der Waals surface area contributed by atoms with E-state index in [0.29, 0.717) is 17.1 Å². The van der Waals surface area contributed by atoms with Crippen molar-refractivity contribution in [3.63, 3.8) is 0 Å². The molecule has 0 saturated carbocycles. The van der Waals surface area contributed by atoms with Crippen LogP contribution < -0.4 is 10.2 Å². The molecule has 1 fully saturated rings.